The second kappa shape index (κ2) is 8.94. The van der Waals surface area contributed by atoms with Crippen molar-refractivity contribution in [3.63, 3.8) is 0 Å². The van der Waals surface area contributed by atoms with Gasteiger partial charge in [-0.3, -0.25) is 0 Å². The Kier molecular flexibility index (Phi) is 6.66. The number of allylic oxidation sites excluding steroid dienone is 1. The first-order valence-corrected chi connectivity index (χ1v) is 9.31. The van der Waals surface area contributed by atoms with Gasteiger partial charge in [0.1, 0.15) is 29.4 Å². The number of aliphatic imine (C=N–C) groups is 1. The molecule has 0 aromatic heterocycles. The molecule has 0 fully saturated rings. The van der Waals surface area contributed by atoms with Crippen molar-refractivity contribution in [1.29, 1.82) is 15.8 Å². The molecule has 1 atom stereocenters. The Balaban J connectivity index is 2.81. The molecule has 1 aliphatic rings. The van der Waals surface area contributed by atoms with Crippen LogP contribution in [0.15, 0.2) is 57.9 Å². The molecular weight excluding hydrogens is 358 g/mol. The summed E-state index contributed by atoms with van der Waals surface area (Å²) < 4.78 is 6.22. The van der Waals surface area contributed by atoms with Gasteiger partial charge in [-0.2, -0.15) is 15.8 Å². The summed E-state index contributed by atoms with van der Waals surface area (Å²) >= 11 is 1.45. The van der Waals surface area contributed by atoms with Crippen molar-refractivity contribution in [2.24, 2.45) is 4.99 Å². The van der Waals surface area contributed by atoms with E-state index in [1.54, 1.807) is 19.0 Å². The van der Waals surface area contributed by atoms with Crippen LogP contribution in [0.3, 0.4) is 0 Å². The summed E-state index contributed by atoms with van der Waals surface area (Å²) in [6, 6.07) is 15.2. The van der Waals surface area contributed by atoms with E-state index in [1.165, 1.54) is 18.1 Å². The summed E-state index contributed by atoms with van der Waals surface area (Å²) in [4.78, 5) is 4.82. The fraction of sp³-hybridized carbons (Fsp3) is 0.300. The predicted molar refractivity (Wildman–Crippen MR) is 105 cm³/mol. The third-order valence-electron chi connectivity index (χ3n) is 3.69. The zero-order chi connectivity index (χ0) is 19.9. The normalized spacial score (nSPS) is 18.6. The molecule has 136 valence electrons. The third-order valence-corrected chi connectivity index (χ3v) is 5.23. The molecule has 1 aromatic rings. The number of hydrogen-bond acceptors (Lipinski definition) is 6. The molecule has 0 amide bonds. The quantitative estimate of drug-likeness (QED) is 0.426. The van der Waals surface area contributed by atoms with E-state index in [-0.39, 0.29) is 22.6 Å². The summed E-state index contributed by atoms with van der Waals surface area (Å²) in [7, 11) is 3.60. The highest BCUT2D eigenvalue weighted by molar-refractivity contribution is 8.00. The van der Waals surface area contributed by atoms with Gasteiger partial charge >= 0.3 is 0 Å². The summed E-state index contributed by atoms with van der Waals surface area (Å²) in [6.07, 6.45) is 2.39. The van der Waals surface area contributed by atoms with Crippen LogP contribution in [0.2, 0.25) is 0 Å². The monoisotopic (exact) mass is 377 g/mol. The Morgan fingerprint density at radius 1 is 1.22 bits per heavy atom. The molecule has 6 nitrogen and oxygen atoms in total. The molecule has 0 spiro atoms. The Hall–Kier alpha value is -3.21. The van der Waals surface area contributed by atoms with Crippen molar-refractivity contribution in [1.82, 2.24) is 4.90 Å². The first-order chi connectivity index (χ1) is 13.0. The molecule has 0 bridgehead atoms. The number of hydrogen-bond donors (Lipinski definition) is 0. The highest BCUT2D eigenvalue weighted by Crippen LogP contribution is 2.54. The molecule has 1 aromatic carbocycles. The number of nitrogens with zero attached hydrogens (tertiary/aromatic N) is 5. The van der Waals surface area contributed by atoms with E-state index in [4.69, 9.17) is 4.74 Å². The molecule has 0 radical (unpaired) electrons. The van der Waals surface area contributed by atoms with Gasteiger partial charge in [-0.25, -0.2) is 4.99 Å². The minimum absolute atomic E-state index is 0.108. The van der Waals surface area contributed by atoms with Crippen molar-refractivity contribution >= 4 is 18.1 Å². The van der Waals surface area contributed by atoms with Crippen molar-refractivity contribution in [2.75, 3.05) is 19.8 Å². The lowest BCUT2D eigenvalue weighted by Gasteiger charge is -2.30. The van der Waals surface area contributed by atoms with E-state index in [2.05, 4.69) is 11.1 Å². The van der Waals surface area contributed by atoms with Gasteiger partial charge < -0.3 is 9.64 Å². The lowest BCUT2D eigenvalue weighted by atomic mass is 9.93. The summed E-state index contributed by atoms with van der Waals surface area (Å²) in [5, 5.41) is 28.8. The van der Waals surface area contributed by atoms with E-state index >= 15 is 0 Å². The Labute approximate surface area is 163 Å². The highest BCUT2D eigenvalue weighted by atomic mass is 32.2. The zero-order valence-electron chi connectivity index (χ0n) is 15.4. The number of ether oxygens (including phenoxy) is 1. The second-order valence-electron chi connectivity index (χ2n) is 5.91. The van der Waals surface area contributed by atoms with E-state index in [9.17, 15) is 15.8 Å². The predicted octanol–water partition coefficient (Wildman–Crippen LogP) is 3.68. The minimum atomic E-state index is -1.16. The largest absolute Gasteiger partial charge is 0.450 e. The average Bonchev–Trinajstić information content (AvgIpc) is 3.01. The van der Waals surface area contributed by atoms with Gasteiger partial charge in [0, 0.05) is 19.7 Å². The molecule has 0 saturated heterocycles. The number of benzene rings is 1. The van der Waals surface area contributed by atoms with E-state index in [1.807, 2.05) is 49.4 Å². The van der Waals surface area contributed by atoms with Crippen molar-refractivity contribution in [2.45, 2.75) is 18.3 Å². The lowest BCUT2D eigenvalue weighted by Crippen LogP contribution is -2.26. The highest BCUT2D eigenvalue weighted by Gasteiger charge is 2.50. The molecule has 7 heteroatoms. The van der Waals surface area contributed by atoms with Crippen molar-refractivity contribution in [3.8, 4) is 18.2 Å². The zero-order valence-corrected chi connectivity index (χ0v) is 16.2. The second-order valence-corrected chi connectivity index (χ2v) is 7.18. The lowest BCUT2D eigenvalue weighted by molar-refractivity contribution is 0.134. The van der Waals surface area contributed by atoms with Crippen LogP contribution in [0.4, 0.5) is 0 Å². The maximum Gasteiger partial charge on any atom is 0.235 e. The fourth-order valence-corrected chi connectivity index (χ4v) is 3.87. The topological polar surface area (TPSA) is 96.2 Å². The van der Waals surface area contributed by atoms with Crippen molar-refractivity contribution in [3.05, 3.63) is 58.5 Å². The van der Waals surface area contributed by atoms with Crippen LogP contribution in [-0.2, 0) is 9.67 Å². The van der Waals surface area contributed by atoms with Gasteiger partial charge in [0.25, 0.3) is 0 Å². The molecular formula is C20H19N5OS. The maximum atomic E-state index is 9.78. The van der Waals surface area contributed by atoms with Gasteiger partial charge in [0.15, 0.2) is 0 Å². The maximum absolute atomic E-state index is 9.78. The molecule has 0 N–H and O–H groups in total. The number of nitriles is 3. The summed E-state index contributed by atoms with van der Waals surface area (Å²) in [5.41, 5.74) is 0.988. The van der Waals surface area contributed by atoms with Gasteiger partial charge in [-0.05, 0) is 12.2 Å². The molecule has 2 rings (SSSR count). The molecule has 1 heterocycles. The van der Waals surface area contributed by atoms with E-state index in [0.717, 1.165) is 12.0 Å². The smallest absolute Gasteiger partial charge is 0.235 e. The summed E-state index contributed by atoms with van der Waals surface area (Å²) in [6.45, 7) is 2.03. The Morgan fingerprint density at radius 2 is 1.89 bits per heavy atom. The van der Waals surface area contributed by atoms with Crippen LogP contribution < -0.4 is 0 Å². The molecule has 1 aliphatic heterocycles. The van der Waals surface area contributed by atoms with Gasteiger partial charge in [0.05, 0.1) is 11.9 Å². The van der Waals surface area contributed by atoms with Crippen LogP contribution in [0.1, 0.15) is 18.9 Å². The fourth-order valence-electron chi connectivity index (χ4n) is 2.59. The Bertz CT molecular complexity index is 896. The third kappa shape index (κ3) is 3.97. The number of rotatable bonds is 6. The minimum Gasteiger partial charge on any atom is -0.450 e. The standard InChI is InChI=1S/C20H19N5OS/c1-4-10-27-20(16-8-6-5-7-9-16)18(15(11-21)12-22)17(13-23)19(26-20)24-14-25(2)3/h5-9,14H,4,10H2,1-3H3. The number of thioether (sulfide) groups is 1. The first kappa shape index (κ1) is 20.1. The molecule has 0 aliphatic carbocycles. The van der Waals surface area contributed by atoms with Crippen LogP contribution in [-0.4, -0.2) is 31.1 Å². The average molecular weight is 377 g/mol. The van der Waals surface area contributed by atoms with Gasteiger partial charge in [-0.15, -0.1) is 11.8 Å². The van der Waals surface area contributed by atoms with Gasteiger partial charge in [0.2, 0.25) is 10.8 Å². The van der Waals surface area contributed by atoms with Crippen LogP contribution in [0.5, 0.6) is 0 Å². The summed E-state index contributed by atoms with van der Waals surface area (Å²) in [5.74, 6) is 0.822. The Morgan fingerprint density at radius 3 is 2.41 bits per heavy atom. The van der Waals surface area contributed by atoms with E-state index < -0.39 is 4.93 Å². The van der Waals surface area contributed by atoms with Crippen LogP contribution in [0, 0.1) is 34.0 Å². The van der Waals surface area contributed by atoms with E-state index in [0.29, 0.717) is 5.75 Å². The van der Waals surface area contributed by atoms with Crippen LogP contribution in [0.25, 0.3) is 0 Å². The van der Waals surface area contributed by atoms with Crippen molar-refractivity contribution < 1.29 is 4.74 Å². The van der Waals surface area contributed by atoms with Crippen LogP contribution >= 0.6 is 11.8 Å². The SMILES string of the molecule is CCCSC1(c2ccccc2)OC(N=CN(C)C)=C(C#N)C1=C(C#N)C#N. The molecule has 27 heavy (non-hydrogen) atoms. The molecule has 1 unspecified atom stereocenters. The first-order valence-electron chi connectivity index (χ1n) is 8.32. The van der Waals surface area contributed by atoms with Gasteiger partial charge in [-0.1, -0.05) is 37.3 Å². The molecule has 0 saturated carbocycles.